The van der Waals surface area contributed by atoms with E-state index < -0.39 is 0 Å². The molecule has 1 saturated carbocycles. The normalized spacial score (nSPS) is 31.3. The van der Waals surface area contributed by atoms with Crippen molar-refractivity contribution in [3.63, 3.8) is 0 Å². The van der Waals surface area contributed by atoms with Gasteiger partial charge in [0.25, 0.3) is 0 Å². The van der Waals surface area contributed by atoms with Crippen LogP contribution in [0.3, 0.4) is 0 Å². The number of hydrogen-bond acceptors (Lipinski definition) is 2. The first kappa shape index (κ1) is 10.4. The van der Waals surface area contributed by atoms with E-state index in [0.717, 1.165) is 26.1 Å². The Balaban J connectivity index is 1.96. The van der Waals surface area contributed by atoms with E-state index >= 15 is 0 Å². The third kappa shape index (κ3) is 2.29. The van der Waals surface area contributed by atoms with Crippen molar-refractivity contribution in [2.45, 2.75) is 58.2 Å². The van der Waals surface area contributed by atoms with Crippen LogP contribution in [0.25, 0.3) is 0 Å². The SMILES string of the molecule is CC1(C)COC2(CCCCCC2)OC1. The van der Waals surface area contributed by atoms with Crippen LogP contribution in [0.15, 0.2) is 0 Å². The van der Waals surface area contributed by atoms with Crippen LogP contribution in [0.4, 0.5) is 0 Å². The van der Waals surface area contributed by atoms with Crippen molar-refractivity contribution in [1.29, 1.82) is 0 Å². The summed E-state index contributed by atoms with van der Waals surface area (Å²) >= 11 is 0. The van der Waals surface area contributed by atoms with E-state index in [4.69, 9.17) is 9.47 Å². The maximum atomic E-state index is 5.98. The van der Waals surface area contributed by atoms with Gasteiger partial charge in [0.2, 0.25) is 0 Å². The lowest BCUT2D eigenvalue weighted by molar-refractivity contribution is -0.303. The second-order valence-corrected chi connectivity index (χ2v) is 5.57. The highest BCUT2D eigenvalue weighted by atomic mass is 16.7. The molecule has 2 nitrogen and oxygen atoms in total. The molecular weight excluding hydrogens is 176 g/mol. The maximum Gasteiger partial charge on any atom is 0.168 e. The summed E-state index contributed by atoms with van der Waals surface area (Å²) in [5, 5.41) is 0. The monoisotopic (exact) mass is 198 g/mol. The Bertz CT molecular complexity index is 178. The average Bonchev–Trinajstić information content (AvgIpc) is 2.37. The van der Waals surface area contributed by atoms with Gasteiger partial charge < -0.3 is 9.47 Å². The molecular formula is C12H22O2. The molecule has 0 bridgehead atoms. The molecule has 1 aliphatic carbocycles. The van der Waals surface area contributed by atoms with E-state index in [2.05, 4.69) is 13.8 Å². The molecule has 0 aromatic rings. The number of ether oxygens (including phenoxy) is 2. The topological polar surface area (TPSA) is 18.5 Å². The summed E-state index contributed by atoms with van der Waals surface area (Å²) in [6, 6.07) is 0. The molecule has 2 aliphatic rings. The smallest absolute Gasteiger partial charge is 0.168 e. The number of rotatable bonds is 0. The van der Waals surface area contributed by atoms with Crippen molar-refractivity contribution in [2.75, 3.05) is 13.2 Å². The van der Waals surface area contributed by atoms with Crippen LogP contribution < -0.4 is 0 Å². The zero-order valence-corrected chi connectivity index (χ0v) is 9.47. The van der Waals surface area contributed by atoms with Crippen LogP contribution in [0.5, 0.6) is 0 Å². The van der Waals surface area contributed by atoms with Crippen LogP contribution in [-0.2, 0) is 9.47 Å². The summed E-state index contributed by atoms with van der Waals surface area (Å²) in [6.07, 6.45) is 7.42. The summed E-state index contributed by atoms with van der Waals surface area (Å²) in [4.78, 5) is 0. The minimum Gasteiger partial charge on any atom is -0.349 e. The Morgan fingerprint density at radius 1 is 0.786 bits per heavy atom. The van der Waals surface area contributed by atoms with Crippen LogP contribution in [0.1, 0.15) is 52.4 Å². The second-order valence-electron chi connectivity index (χ2n) is 5.57. The molecule has 2 rings (SSSR count). The first-order chi connectivity index (χ1) is 6.62. The number of hydrogen-bond donors (Lipinski definition) is 0. The summed E-state index contributed by atoms with van der Waals surface area (Å²) in [5.41, 5.74) is 0.206. The van der Waals surface area contributed by atoms with E-state index in [1.807, 2.05) is 0 Å². The first-order valence-electron chi connectivity index (χ1n) is 5.90. The summed E-state index contributed by atoms with van der Waals surface area (Å²) in [5.74, 6) is -0.202. The predicted octanol–water partition coefficient (Wildman–Crippen LogP) is 3.11. The molecule has 0 aromatic carbocycles. The molecule has 0 atom stereocenters. The van der Waals surface area contributed by atoms with Gasteiger partial charge in [-0.05, 0) is 12.8 Å². The lowest BCUT2D eigenvalue weighted by Gasteiger charge is -2.43. The Labute approximate surface area is 87.0 Å². The molecule has 1 spiro atoms. The van der Waals surface area contributed by atoms with Gasteiger partial charge in [0, 0.05) is 18.3 Å². The molecule has 0 unspecified atom stereocenters. The van der Waals surface area contributed by atoms with Crippen molar-refractivity contribution in [3.05, 3.63) is 0 Å². The zero-order chi connectivity index (χ0) is 10.1. The predicted molar refractivity (Wildman–Crippen MR) is 56.1 cm³/mol. The fraction of sp³-hybridized carbons (Fsp3) is 1.00. The third-order valence-corrected chi connectivity index (χ3v) is 3.32. The Morgan fingerprint density at radius 2 is 1.29 bits per heavy atom. The van der Waals surface area contributed by atoms with Crippen molar-refractivity contribution >= 4 is 0 Å². The van der Waals surface area contributed by atoms with Crippen LogP contribution >= 0.6 is 0 Å². The van der Waals surface area contributed by atoms with Crippen molar-refractivity contribution in [3.8, 4) is 0 Å². The molecule has 1 heterocycles. The van der Waals surface area contributed by atoms with E-state index in [1.165, 1.54) is 25.7 Å². The highest BCUT2D eigenvalue weighted by Crippen LogP contribution is 2.38. The molecule has 82 valence electrons. The standard InChI is InChI=1S/C12H22O2/c1-11(2)9-13-12(14-10-11)7-5-3-4-6-8-12/h3-10H2,1-2H3. The Kier molecular flexibility index (Phi) is 2.85. The maximum absolute atomic E-state index is 5.98. The third-order valence-electron chi connectivity index (χ3n) is 3.32. The second kappa shape index (κ2) is 3.82. The lowest BCUT2D eigenvalue weighted by atomic mass is 9.93. The highest BCUT2D eigenvalue weighted by Gasteiger charge is 2.40. The average molecular weight is 198 g/mol. The van der Waals surface area contributed by atoms with E-state index in [9.17, 15) is 0 Å². The van der Waals surface area contributed by atoms with Gasteiger partial charge in [0.15, 0.2) is 5.79 Å². The Morgan fingerprint density at radius 3 is 1.79 bits per heavy atom. The van der Waals surface area contributed by atoms with Gasteiger partial charge in [-0.3, -0.25) is 0 Å². The first-order valence-corrected chi connectivity index (χ1v) is 5.90. The van der Waals surface area contributed by atoms with Gasteiger partial charge in [-0.1, -0.05) is 26.7 Å². The van der Waals surface area contributed by atoms with Crippen molar-refractivity contribution < 1.29 is 9.47 Å². The molecule has 2 heteroatoms. The summed E-state index contributed by atoms with van der Waals surface area (Å²) in [6.45, 7) is 6.12. The van der Waals surface area contributed by atoms with E-state index in [0.29, 0.717) is 0 Å². The van der Waals surface area contributed by atoms with Gasteiger partial charge >= 0.3 is 0 Å². The van der Waals surface area contributed by atoms with Crippen LogP contribution in [0.2, 0.25) is 0 Å². The fourth-order valence-electron chi connectivity index (χ4n) is 2.29. The Hall–Kier alpha value is -0.0800. The zero-order valence-electron chi connectivity index (χ0n) is 9.47. The molecule has 0 amide bonds. The molecule has 1 aliphatic heterocycles. The van der Waals surface area contributed by atoms with Gasteiger partial charge in [0.05, 0.1) is 13.2 Å². The molecule has 0 N–H and O–H groups in total. The van der Waals surface area contributed by atoms with Crippen molar-refractivity contribution in [1.82, 2.24) is 0 Å². The minimum atomic E-state index is -0.202. The van der Waals surface area contributed by atoms with Crippen LogP contribution in [-0.4, -0.2) is 19.0 Å². The quantitative estimate of drug-likeness (QED) is 0.595. The van der Waals surface area contributed by atoms with Crippen LogP contribution in [0, 0.1) is 5.41 Å². The van der Waals surface area contributed by atoms with E-state index in [1.54, 1.807) is 0 Å². The largest absolute Gasteiger partial charge is 0.349 e. The van der Waals surface area contributed by atoms with Gasteiger partial charge in [-0.25, -0.2) is 0 Å². The van der Waals surface area contributed by atoms with E-state index in [-0.39, 0.29) is 11.2 Å². The molecule has 1 saturated heterocycles. The van der Waals surface area contributed by atoms with Gasteiger partial charge in [-0.2, -0.15) is 0 Å². The molecule has 0 aromatic heterocycles. The molecule has 14 heavy (non-hydrogen) atoms. The van der Waals surface area contributed by atoms with Crippen molar-refractivity contribution in [2.24, 2.45) is 5.41 Å². The lowest BCUT2D eigenvalue weighted by Crippen LogP contribution is -2.47. The molecule has 0 radical (unpaired) electrons. The van der Waals surface area contributed by atoms with Gasteiger partial charge in [-0.15, -0.1) is 0 Å². The minimum absolute atomic E-state index is 0.202. The summed E-state index contributed by atoms with van der Waals surface area (Å²) in [7, 11) is 0. The van der Waals surface area contributed by atoms with Gasteiger partial charge in [0.1, 0.15) is 0 Å². The summed E-state index contributed by atoms with van der Waals surface area (Å²) < 4.78 is 12.0. The highest BCUT2D eigenvalue weighted by molar-refractivity contribution is 4.81. The molecule has 2 fully saturated rings. The fourth-order valence-corrected chi connectivity index (χ4v) is 2.29.